The summed E-state index contributed by atoms with van der Waals surface area (Å²) >= 11 is 7.72. The van der Waals surface area contributed by atoms with Gasteiger partial charge in [-0.05, 0) is 42.7 Å². The van der Waals surface area contributed by atoms with E-state index in [1.54, 1.807) is 11.3 Å². The summed E-state index contributed by atoms with van der Waals surface area (Å²) in [7, 11) is 0. The Morgan fingerprint density at radius 2 is 2.00 bits per heavy atom. The summed E-state index contributed by atoms with van der Waals surface area (Å²) in [6.07, 6.45) is 4.19. The molecule has 0 amide bonds. The number of nitrogens with zero attached hydrogens (tertiary/aromatic N) is 2. The molecule has 3 aromatic rings. The monoisotopic (exact) mass is 372 g/mol. The number of benzene rings is 1. The van der Waals surface area contributed by atoms with Gasteiger partial charge in [0.1, 0.15) is 11.4 Å². The average molecular weight is 373 g/mol. The van der Waals surface area contributed by atoms with E-state index >= 15 is 0 Å². The van der Waals surface area contributed by atoms with Gasteiger partial charge in [-0.25, -0.2) is 4.98 Å². The number of rotatable bonds is 2. The number of aldehydes is 1. The second kappa shape index (κ2) is 5.96. The van der Waals surface area contributed by atoms with Crippen LogP contribution >= 0.6 is 22.9 Å². The molecule has 2 heterocycles. The molecule has 0 bridgehead atoms. The lowest BCUT2D eigenvalue weighted by Crippen LogP contribution is -2.26. The minimum Gasteiger partial charge on any atom is -0.296 e. The molecule has 0 radical (unpaired) electrons. The van der Waals surface area contributed by atoms with Gasteiger partial charge in [-0.2, -0.15) is 0 Å². The predicted molar refractivity (Wildman–Crippen MR) is 104 cm³/mol. The molecule has 1 aliphatic rings. The molecule has 1 atom stereocenters. The fraction of sp³-hybridized carbons (Fsp3) is 0.400. The van der Waals surface area contributed by atoms with Crippen LogP contribution in [0.25, 0.3) is 16.2 Å². The quantitative estimate of drug-likeness (QED) is 0.542. The van der Waals surface area contributed by atoms with Crippen molar-refractivity contribution in [3.8, 4) is 11.3 Å². The highest BCUT2D eigenvalue weighted by Crippen LogP contribution is 2.41. The number of aryl methyl sites for hydroxylation is 1. The molecule has 4 rings (SSSR count). The van der Waals surface area contributed by atoms with Crippen molar-refractivity contribution in [2.75, 3.05) is 0 Å². The van der Waals surface area contributed by atoms with Gasteiger partial charge in [0, 0.05) is 21.2 Å². The number of halogens is 1. The molecule has 3 nitrogen and oxygen atoms in total. The van der Waals surface area contributed by atoms with E-state index in [-0.39, 0.29) is 0 Å². The van der Waals surface area contributed by atoms with Gasteiger partial charge in [-0.1, -0.05) is 44.5 Å². The Balaban J connectivity index is 1.82. The van der Waals surface area contributed by atoms with E-state index in [9.17, 15) is 4.79 Å². The Morgan fingerprint density at radius 1 is 1.28 bits per heavy atom. The molecule has 5 heteroatoms. The van der Waals surface area contributed by atoms with Crippen LogP contribution in [0.5, 0.6) is 0 Å². The lowest BCUT2D eigenvalue weighted by Gasteiger charge is -2.33. The fourth-order valence-corrected chi connectivity index (χ4v) is 5.13. The molecule has 1 unspecified atom stereocenters. The van der Waals surface area contributed by atoms with Crippen LogP contribution in [-0.2, 0) is 12.8 Å². The third-order valence-corrected chi connectivity index (χ3v) is 6.66. The molecule has 0 saturated heterocycles. The lowest BCUT2D eigenvalue weighted by molar-refractivity contribution is 0.111. The number of thiazole rings is 1. The minimum atomic E-state index is 0.311. The van der Waals surface area contributed by atoms with E-state index in [0.29, 0.717) is 22.0 Å². The van der Waals surface area contributed by atoms with Crippen molar-refractivity contribution in [3.63, 3.8) is 0 Å². The van der Waals surface area contributed by atoms with Crippen LogP contribution in [0.4, 0.5) is 0 Å². The minimum absolute atomic E-state index is 0.311. The topological polar surface area (TPSA) is 34.4 Å². The van der Waals surface area contributed by atoms with Gasteiger partial charge in [-0.3, -0.25) is 9.20 Å². The maximum Gasteiger partial charge on any atom is 0.195 e. The second-order valence-electron chi connectivity index (χ2n) is 7.87. The Labute approximate surface area is 156 Å². The Bertz CT molecular complexity index is 947. The van der Waals surface area contributed by atoms with Crippen LogP contribution in [0.15, 0.2) is 24.3 Å². The molecule has 0 spiro atoms. The van der Waals surface area contributed by atoms with Crippen molar-refractivity contribution in [3.05, 3.63) is 45.6 Å². The normalized spacial score (nSPS) is 17.7. The van der Waals surface area contributed by atoms with Crippen LogP contribution in [0, 0.1) is 11.3 Å². The van der Waals surface area contributed by atoms with Crippen molar-refractivity contribution in [1.82, 2.24) is 9.38 Å². The molecule has 0 aliphatic heterocycles. The van der Waals surface area contributed by atoms with Crippen molar-refractivity contribution in [2.24, 2.45) is 11.3 Å². The highest BCUT2D eigenvalue weighted by molar-refractivity contribution is 7.17. The SMILES string of the molecule is CC(C)(C)C1CCc2c(sc3nc(-c4ccc(Cl)cc4)c(C=O)n23)C1. The highest BCUT2D eigenvalue weighted by Gasteiger charge is 2.32. The number of fused-ring (bicyclic) bond motifs is 3. The van der Waals surface area contributed by atoms with Crippen LogP contribution < -0.4 is 0 Å². The average Bonchev–Trinajstić information content (AvgIpc) is 3.09. The van der Waals surface area contributed by atoms with Gasteiger partial charge >= 0.3 is 0 Å². The first kappa shape index (κ1) is 16.8. The summed E-state index contributed by atoms with van der Waals surface area (Å²) < 4.78 is 2.08. The molecule has 1 aliphatic carbocycles. The summed E-state index contributed by atoms with van der Waals surface area (Å²) in [6, 6.07) is 7.51. The summed E-state index contributed by atoms with van der Waals surface area (Å²) in [5.41, 5.74) is 3.92. The number of hydrogen-bond donors (Lipinski definition) is 0. The van der Waals surface area contributed by atoms with Gasteiger partial charge in [0.05, 0.1) is 0 Å². The third-order valence-electron chi connectivity index (χ3n) is 5.30. The number of carbonyl (C=O) groups is 1. The molecule has 0 fully saturated rings. The zero-order valence-corrected chi connectivity index (χ0v) is 16.2. The first-order valence-corrected chi connectivity index (χ1v) is 9.82. The van der Waals surface area contributed by atoms with E-state index in [4.69, 9.17) is 16.6 Å². The first-order valence-electron chi connectivity index (χ1n) is 8.62. The van der Waals surface area contributed by atoms with Crippen molar-refractivity contribution in [2.45, 2.75) is 40.0 Å². The predicted octanol–water partition coefficient (Wildman–Crippen LogP) is 5.68. The van der Waals surface area contributed by atoms with E-state index in [2.05, 4.69) is 25.2 Å². The Morgan fingerprint density at radius 3 is 2.64 bits per heavy atom. The molecular weight excluding hydrogens is 352 g/mol. The molecule has 1 aromatic carbocycles. The summed E-state index contributed by atoms with van der Waals surface area (Å²) in [5.74, 6) is 0.679. The second-order valence-corrected chi connectivity index (χ2v) is 9.36. The molecule has 0 N–H and O–H groups in total. The van der Waals surface area contributed by atoms with Crippen molar-refractivity contribution < 1.29 is 4.79 Å². The van der Waals surface area contributed by atoms with Gasteiger partial charge in [0.25, 0.3) is 0 Å². The number of carbonyl (C=O) groups excluding carboxylic acids is 1. The Kier molecular flexibility index (Phi) is 4.00. The lowest BCUT2D eigenvalue weighted by atomic mass is 9.73. The summed E-state index contributed by atoms with van der Waals surface area (Å²) in [6.45, 7) is 6.95. The van der Waals surface area contributed by atoms with Crippen LogP contribution in [0.2, 0.25) is 5.02 Å². The zero-order valence-electron chi connectivity index (χ0n) is 14.7. The van der Waals surface area contributed by atoms with Gasteiger partial charge < -0.3 is 0 Å². The van der Waals surface area contributed by atoms with Crippen LogP contribution in [0.3, 0.4) is 0 Å². The van der Waals surface area contributed by atoms with E-state index < -0.39 is 0 Å². The summed E-state index contributed by atoms with van der Waals surface area (Å²) in [4.78, 5) is 19.0. The van der Waals surface area contributed by atoms with Crippen LogP contribution in [0.1, 0.15) is 48.3 Å². The Hall–Kier alpha value is -1.65. The van der Waals surface area contributed by atoms with Crippen molar-refractivity contribution in [1.29, 1.82) is 0 Å². The summed E-state index contributed by atoms with van der Waals surface area (Å²) in [5, 5.41) is 0.683. The van der Waals surface area contributed by atoms with E-state index in [1.807, 2.05) is 24.3 Å². The number of imidazole rings is 1. The first-order chi connectivity index (χ1) is 11.9. The molecule has 2 aromatic heterocycles. The van der Waals surface area contributed by atoms with Crippen LogP contribution in [-0.4, -0.2) is 15.7 Å². The van der Waals surface area contributed by atoms with Gasteiger partial charge in [0.2, 0.25) is 0 Å². The molecule has 0 saturated carbocycles. The molecular formula is C20H21ClN2OS. The molecule has 130 valence electrons. The van der Waals surface area contributed by atoms with Gasteiger partial charge in [-0.15, -0.1) is 11.3 Å². The molecule has 25 heavy (non-hydrogen) atoms. The fourth-order valence-electron chi connectivity index (χ4n) is 3.75. The maximum atomic E-state index is 11.9. The van der Waals surface area contributed by atoms with E-state index in [1.165, 1.54) is 10.6 Å². The van der Waals surface area contributed by atoms with Crippen molar-refractivity contribution >= 4 is 34.2 Å². The smallest absolute Gasteiger partial charge is 0.195 e. The largest absolute Gasteiger partial charge is 0.296 e. The maximum absolute atomic E-state index is 11.9. The third kappa shape index (κ3) is 2.81. The highest BCUT2D eigenvalue weighted by atomic mass is 35.5. The van der Waals surface area contributed by atoms with E-state index in [0.717, 1.165) is 41.8 Å². The number of hydrogen-bond acceptors (Lipinski definition) is 3. The zero-order chi connectivity index (χ0) is 17.8. The van der Waals surface area contributed by atoms with Gasteiger partial charge in [0.15, 0.2) is 11.2 Å². The standard InChI is InChI=1S/C20H21ClN2OS/c1-20(2,3)13-6-9-15-17(10-13)25-19-22-18(16(11-24)23(15)19)12-4-7-14(21)8-5-12/h4-5,7-8,11,13H,6,9-10H2,1-3H3. The number of aromatic nitrogens is 2.